The maximum absolute atomic E-state index is 12.3. The molecule has 1 aromatic heterocycles. The topological polar surface area (TPSA) is 113 Å². The summed E-state index contributed by atoms with van der Waals surface area (Å²) in [4.78, 5) is 23.7. The lowest BCUT2D eigenvalue weighted by molar-refractivity contribution is 0.0600. The molecular formula is C19H15N3O6. The second-order valence-corrected chi connectivity index (χ2v) is 5.89. The molecule has 0 atom stereocenters. The molecule has 0 aliphatic carbocycles. The third kappa shape index (κ3) is 3.63. The third-order valence-electron chi connectivity index (χ3n) is 4.05. The second-order valence-electron chi connectivity index (χ2n) is 5.89. The molecule has 0 unspecified atom stereocenters. The molecule has 0 saturated heterocycles. The highest BCUT2D eigenvalue weighted by molar-refractivity contribution is 6.03. The number of nitrogens with one attached hydrogen (secondary N) is 1. The zero-order valence-electron chi connectivity index (χ0n) is 14.8. The van der Waals surface area contributed by atoms with Gasteiger partial charge in [-0.3, -0.25) is 10.1 Å². The molecule has 3 aromatic rings. The average Bonchev–Trinajstić information content (AvgIpc) is 3.36. The van der Waals surface area contributed by atoms with Crippen molar-refractivity contribution >= 4 is 17.9 Å². The molecule has 1 aliphatic rings. The first-order valence-corrected chi connectivity index (χ1v) is 8.33. The summed E-state index contributed by atoms with van der Waals surface area (Å²) in [7, 11) is 1.29. The molecule has 9 nitrogen and oxygen atoms in total. The Morgan fingerprint density at radius 2 is 1.79 bits per heavy atom. The summed E-state index contributed by atoms with van der Waals surface area (Å²) < 4.78 is 20.7. The molecule has 2 heterocycles. The minimum atomic E-state index is -0.475. The molecule has 9 heteroatoms. The highest BCUT2D eigenvalue weighted by Gasteiger charge is 2.16. The van der Waals surface area contributed by atoms with Crippen molar-refractivity contribution in [1.29, 1.82) is 0 Å². The maximum Gasteiger partial charge on any atom is 0.337 e. The van der Waals surface area contributed by atoms with Gasteiger partial charge in [0.05, 0.1) is 19.1 Å². The summed E-state index contributed by atoms with van der Waals surface area (Å²) in [6.45, 7) is 0.204. The van der Waals surface area contributed by atoms with E-state index in [-0.39, 0.29) is 12.8 Å². The molecule has 0 bridgehead atoms. The van der Waals surface area contributed by atoms with Gasteiger partial charge in [-0.15, -0.1) is 5.10 Å². The van der Waals surface area contributed by atoms with Crippen LogP contribution in [0.5, 0.6) is 11.5 Å². The highest BCUT2D eigenvalue weighted by atomic mass is 16.7. The van der Waals surface area contributed by atoms with E-state index in [1.54, 1.807) is 0 Å². The zero-order valence-corrected chi connectivity index (χ0v) is 14.8. The Kier molecular flexibility index (Phi) is 4.63. The van der Waals surface area contributed by atoms with Gasteiger partial charge in [0.15, 0.2) is 11.5 Å². The maximum atomic E-state index is 12.3. The predicted molar refractivity (Wildman–Crippen MR) is 95.4 cm³/mol. The molecule has 4 rings (SSSR count). The molecule has 142 valence electrons. The molecule has 1 aliphatic heterocycles. The van der Waals surface area contributed by atoms with E-state index in [4.69, 9.17) is 13.9 Å². The Balaban J connectivity index is 1.40. The van der Waals surface area contributed by atoms with Gasteiger partial charge in [-0.25, -0.2) is 4.79 Å². The van der Waals surface area contributed by atoms with Crippen LogP contribution in [0.2, 0.25) is 0 Å². The second kappa shape index (κ2) is 7.39. The van der Waals surface area contributed by atoms with Crippen molar-refractivity contribution in [3.05, 3.63) is 65.0 Å². The van der Waals surface area contributed by atoms with Crippen LogP contribution in [-0.2, 0) is 11.2 Å². The van der Waals surface area contributed by atoms with E-state index in [9.17, 15) is 9.59 Å². The lowest BCUT2D eigenvalue weighted by Gasteiger charge is -2.02. The number of aromatic nitrogens is 2. The first-order valence-electron chi connectivity index (χ1n) is 8.33. The van der Waals surface area contributed by atoms with Crippen LogP contribution in [-0.4, -0.2) is 36.0 Å². The van der Waals surface area contributed by atoms with E-state index >= 15 is 0 Å². The van der Waals surface area contributed by atoms with Crippen molar-refractivity contribution < 1.29 is 28.2 Å². The summed E-state index contributed by atoms with van der Waals surface area (Å²) >= 11 is 0. The monoisotopic (exact) mass is 381 g/mol. The van der Waals surface area contributed by atoms with Gasteiger partial charge in [-0.05, 0) is 42.0 Å². The van der Waals surface area contributed by atoms with Crippen LogP contribution in [0.4, 0.5) is 6.01 Å². The smallest absolute Gasteiger partial charge is 0.337 e. The quantitative estimate of drug-likeness (QED) is 0.671. The van der Waals surface area contributed by atoms with Gasteiger partial charge >= 0.3 is 12.0 Å². The number of ether oxygens (including phenoxy) is 3. The van der Waals surface area contributed by atoms with E-state index < -0.39 is 11.9 Å². The number of benzene rings is 2. The van der Waals surface area contributed by atoms with Crippen LogP contribution < -0.4 is 14.8 Å². The van der Waals surface area contributed by atoms with Crippen LogP contribution in [0.15, 0.2) is 46.9 Å². The third-order valence-corrected chi connectivity index (χ3v) is 4.05. The number of carbonyl (C=O) groups excluding carboxylic acids is 2. The van der Waals surface area contributed by atoms with Crippen molar-refractivity contribution in [2.75, 3.05) is 19.2 Å². The molecule has 0 spiro atoms. The highest BCUT2D eigenvalue weighted by Crippen LogP contribution is 2.33. The van der Waals surface area contributed by atoms with Gasteiger partial charge in [0, 0.05) is 5.56 Å². The molecule has 2 aromatic carbocycles. The van der Waals surface area contributed by atoms with Crippen molar-refractivity contribution in [1.82, 2.24) is 10.2 Å². The van der Waals surface area contributed by atoms with Gasteiger partial charge < -0.3 is 18.6 Å². The first-order chi connectivity index (χ1) is 13.6. The number of hydrogen-bond donors (Lipinski definition) is 1. The number of esters is 1. The predicted octanol–water partition coefficient (Wildman–Crippen LogP) is 2.43. The summed E-state index contributed by atoms with van der Waals surface area (Å²) in [6.07, 6.45) is 0.382. The van der Waals surface area contributed by atoms with Crippen LogP contribution in [0.3, 0.4) is 0 Å². The lowest BCUT2D eigenvalue weighted by atomic mass is 10.1. The van der Waals surface area contributed by atoms with Gasteiger partial charge in [0.1, 0.15) is 0 Å². The number of carbonyl (C=O) groups is 2. The minimum Gasteiger partial charge on any atom is -0.465 e. The number of fused-ring (bicyclic) bond motifs is 1. The number of anilines is 1. The molecule has 1 amide bonds. The Hall–Kier alpha value is -3.88. The van der Waals surface area contributed by atoms with E-state index in [2.05, 4.69) is 20.3 Å². The molecule has 0 radical (unpaired) electrons. The van der Waals surface area contributed by atoms with Crippen molar-refractivity contribution in [2.45, 2.75) is 6.42 Å². The Labute approximate surface area is 159 Å². The lowest BCUT2D eigenvalue weighted by Crippen LogP contribution is -2.12. The largest absolute Gasteiger partial charge is 0.465 e. The SMILES string of the molecule is COC(=O)c1ccc(C(=O)Nc2nnc(Cc3ccc4c(c3)OCO4)o2)cc1. The molecule has 1 N–H and O–H groups in total. The number of hydrogen-bond acceptors (Lipinski definition) is 8. The average molecular weight is 381 g/mol. The minimum absolute atomic E-state index is 0.0159. The number of nitrogens with zero attached hydrogens (tertiary/aromatic N) is 2. The fourth-order valence-electron chi connectivity index (χ4n) is 2.65. The van der Waals surface area contributed by atoms with E-state index in [1.165, 1.54) is 31.4 Å². The summed E-state index contributed by atoms with van der Waals surface area (Å²) in [6, 6.07) is 11.5. The number of methoxy groups -OCH3 is 1. The van der Waals surface area contributed by atoms with Gasteiger partial charge in [0.25, 0.3) is 5.91 Å². The Bertz CT molecular complexity index is 1030. The van der Waals surface area contributed by atoms with Crippen molar-refractivity contribution in [3.8, 4) is 11.5 Å². The normalized spacial score (nSPS) is 11.9. The van der Waals surface area contributed by atoms with E-state index in [0.29, 0.717) is 34.9 Å². The summed E-state index contributed by atoms with van der Waals surface area (Å²) in [5.41, 5.74) is 1.59. The molecular weight excluding hydrogens is 366 g/mol. The van der Waals surface area contributed by atoms with Crippen LogP contribution in [0.25, 0.3) is 0 Å². The van der Waals surface area contributed by atoms with Gasteiger partial charge in [0.2, 0.25) is 12.7 Å². The first kappa shape index (κ1) is 17.5. The van der Waals surface area contributed by atoms with Crippen LogP contribution in [0, 0.1) is 0 Å². The number of rotatable bonds is 5. The number of amides is 1. The Morgan fingerprint density at radius 3 is 2.57 bits per heavy atom. The Morgan fingerprint density at radius 1 is 1.04 bits per heavy atom. The van der Waals surface area contributed by atoms with Crippen LogP contribution >= 0.6 is 0 Å². The van der Waals surface area contributed by atoms with Crippen molar-refractivity contribution in [3.63, 3.8) is 0 Å². The fraction of sp³-hybridized carbons (Fsp3) is 0.158. The summed E-state index contributed by atoms with van der Waals surface area (Å²) in [5, 5.41) is 10.3. The molecule has 28 heavy (non-hydrogen) atoms. The van der Waals surface area contributed by atoms with Crippen LogP contribution in [0.1, 0.15) is 32.2 Å². The fourth-order valence-corrected chi connectivity index (χ4v) is 2.65. The standard InChI is InChI=1S/C19H15N3O6/c1-25-18(24)13-5-3-12(4-6-13)17(23)20-19-22-21-16(28-19)9-11-2-7-14-15(8-11)27-10-26-14/h2-8H,9-10H2,1H3,(H,20,22,23). The van der Waals surface area contributed by atoms with Crippen molar-refractivity contribution in [2.24, 2.45) is 0 Å². The van der Waals surface area contributed by atoms with Gasteiger partial charge in [-0.2, -0.15) is 0 Å². The zero-order chi connectivity index (χ0) is 19.5. The van der Waals surface area contributed by atoms with E-state index in [1.807, 2.05) is 18.2 Å². The molecule has 0 fully saturated rings. The van der Waals surface area contributed by atoms with Gasteiger partial charge in [-0.1, -0.05) is 11.2 Å². The summed E-state index contributed by atoms with van der Waals surface area (Å²) in [5.74, 6) is 0.795. The van der Waals surface area contributed by atoms with E-state index in [0.717, 1.165) is 5.56 Å². The molecule has 0 saturated carbocycles.